The number of benzene rings is 1. The van der Waals surface area contributed by atoms with Crippen molar-refractivity contribution in [1.82, 2.24) is 10.2 Å². The third-order valence-electron chi connectivity index (χ3n) is 4.02. The van der Waals surface area contributed by atoms with Gasteiger partial charge in [0.25, 0.3) is 5.91 Å². The number of methoxy groups -OCH3 is 1. The predicted octanol–water partition coefficient (Wildman–Crippen LogP) is 0.841. The molecule has 2 heterocycles. The van der Waals surface area contributed by atoms with Crippen molar-refractivity contribution in [2.75, 3.05) is 20.2 Å². The molecule has 2 atom stereocenters. The highest BCUT2D eigenvalue weighted by Crippen LogP contribution is 2.26. The number of nitrogens with zero attached hydrogens (tertiary/aromatic N) is 1. The maximum absolute atomic E-state index is 12.7. The fourth-order valence-electron chi connectivity index (χ4n) is 3.10. The summed E-state index contributed by atoms with van der Waals surface area (Å²) >= 11 is 0. The van der Waals surface area contributed by atoms with Crippen LogP contribution in [0.3, 0.4) is 0 Å². The number of ketones is 1. The third-order valence-corrected chi connectivity index (χ3v) is 4.02. The van der Waals surface area contributed by atoms with E-state index in [2.05, 4.69) is 5.32 Å². The van der Waals surface area contributed by atoms with Crippen LogP contribution in [-0.2, 0) is 4.79 Å². The number of piperazine rings is 1. The van der Waals surface area contributed by atoms with E-state index in [9.17, 15) is 9.59 Å². The zero-order valence-electron chi connectivity index (χ0n) is 11.5. The number of carbonyl (C=O) groups is 2. The van der Waals surface area contributed by atoms with E-state index in [0.717, 1.165) is 0 Å². The fraction of sp³-hybridized carbons (Fsp3) is 0.467. The molecule has 2 unspecified atom stereocenters. The zero-order chi connectivity index (χ0) is 14.1. The van der Waals surface area contributed by atoms with Crippen LogP contribution in [-0.4, -0.2) is 48.9 Å². The summed E-state index contributed by atoms with van der Waals surface area (Å²) in [5, 5.41) is 3.30. The maximum atomic E-state index is 12.7. The highest BCUT2D eigenvalue weighted by atomic mass is 16.5. The molecule has 2 fully saturated rings. The summed E-state index contributed by atoms with van der Waals surface area (Å²) in [5.74, 6) is 0.927. The topological polar surface area (TPSA) is 58.6 Å². The molecule has 5 heteroatoms. The van der Waals surface area contributed by atoms with Gasteiger partial charge in [-0.1, -0.05) is 6.07 Å². The SMILES string of the molecule is COc1cccc(C(=O)N2C3CNCC2CC(=O)C3)c1. The smallest absolute Gasteiger partial charge is 0.254 e. The molecule has 0 saturated carbocycles. The van der Waals surface area contributed by atoms with Crippen molar-refractivity contribution in [2.45, 2.75) is 24.9 Å². The van der Waals surface area contributed by atoms with Crippen molar-refractivity contribution in [3.05, 3.63) is 29.8 Å². The van der Waals surface area contributed by atoms with Crippen LogP contribution >= 0.6 is 0 Å². The second-order valence-corrected chi connectivity index (χ2v) is 5.36. The fourth-order valence-corrected chi connectivity index (χ4v) is 3.10. The number of piperidine rings is 1. The van der Waals surface area contributed by atoms with Gasteiger partial charge in [0.15, 0.2) is 0 Å². The van der Waals surface area contributed by atoms with Gasteiger partial charge >= 0.3 is 0 Å². The van der Waals surface area contributed by atoms with Gasteiger partial charge in [0, 0.05) is 31.5 Å². The summed E-state index contributed by atoms with van der Waals surface area (Å²) in [5.41, 5.74) is 0.621. The molecule has 3 rings (SSSR count). The molecule has 1 aromatic rings. The Balaban J connectivity index is 1.87. The van der Waals surface area contributed by atoms with Crippen LogP contribution in [0.15, 0.2) is 24.3 Å². The molecule has 2 aliphatic heterocycles. The molecule has 0 radical (unpaired) electrons. The first-order chi connectivity index (χ1) is 9.69. The largest absolute Gasteiger partial charge is 0.497 e. The van der Waals surface area contributed by atoms with Gasteiger partial charge in [-0.05, 0) is 18.2 Å². The van der Waals surface area contributed by atoms with Gasteiger partial charge in [-0.15, -0.1) is 0 Å². The van der Waals surface area contributed by atoms with E-state index < -0.39 is 0 Å². The van der Waals surface area contributed by atoms with E-state index in [1.165, 1.54) is 0 Å². The van der Waals surface area contributed by atoms with Crippen molar-refractivity contribution < 1.29 is 14.3 Å². The van der Waals surface area contributed by atoms with Crippen LogP contribution in [0.2, 0.25) is 0 Å². The lowest BCUT2D eigenvalue weighted by atomic mass is 9.90. The number of nitrogens with one attached hydrogen (secondary N) is 1. The Morgan fingerprint density at radius 3 is 2.65 bits per heavy atom. The van der Waals surface area contributed by atoms with Crippen molar-refractivity contribution >= 4 is 11.7 Å². The van der Waals surface area contributed by atoms with E-state index in [0.29, 0.717) is 37.2 Å². The first-order valence-corrected chi connectivity index (χ1v) is 6.88. The third kappa shape index (κ3) is 2.29. The van der Waals surface area contributed by atoms with E-state index in [1.54, 1.807) is 19.2 Å². The van der Waals surface area contributed by atoms with Crippen LogP contribution in [0.25, 0.3) is 0 Å². The van der Waals surface area contributed by atoms with Gasteiger partial charge < -0.3 is 15.0 Å². The second-order valence-electron chi connectivity index (χ2n) is 5.36. The Hall–Kier alpha value is -1.88. The molecular formula is C15H18N2O3. The average molecular weight is 274 g/mol. The van der Waals surface area contributed by atoms with E-state index in [4.69, 9.17) is 4.74 Å². The molecule has 1 N–H and O–H groups in total. The molecule has 1 amide bonds. The number of carbonyl (C=O) groups excluding carboxylic acids is 2. The minimum Gasteiger partial charge on any atom is -0.497 e. The second kappa shape index (κ2) is 5.25. The summed E-state index contributed by atoms with van der Waals surface area (Å²) in [4.78, 5) is 26.3. The maximum Gasteiger partial charge on any atom is 0.254 e. The Morgan fingerprint density at radius 1 is 1.30 bits per heavy atom. The van der Waals surface area contributed by atoms with Crippen molar-refractivity contribution in [3.8, 4) is 5.75 Å². The summed E-state index contributed by atoms with van der Waals surface area (Å²) < 4.78 is 5.17. The van der Waals surface area contributed by atoms with Crippen molar-refractivity contribution in [3.63, 3.8) is 0 Å². The average Bonchev–Trinajstić information content (AvgIpc) is 2.45. The lowest BCUT2D eigenvalue weighted by molar-refractivity contribution is -0.125. The standard InChI is InChI=1S/C15H18N2O3/c1-20-14-4-2-3-10(5-14)15(19)17-11-6-13(18)7-12(17)9-16-8-11/h2-5,11-12,16H,6-9H2,1H3. The van der Waals surface area contributed by atoms with Crippen LogP contribution in [0.5, 0.6) is 5.75 Å². The monoisotopic (exact) mass is 274 g/mol. The highest BCUT2D eigenvalue weighted by molar-refractivity contribution is 5.96. The van der Waals surface area contributed by atoms with E-state index in [-0.39, 0.29) is 23.8 Å². The molecule has 2 bridgehead atoms. The van der Waals surface area contributed by atoms with Crippen LogP contribution in [0, 0.1) is 0 Å². The van der Waals surface area contributed by atoms with E-state index in [1.807, 2.05) is 17.0 Å². The number of hydrogen-bond acceptors (Lipinski definition) is 4. The van der Waals surface area contributed by atoms with Gasteiger partial charge in [-0.3, -0.25) is 9.59 Å². The number of fused-ring (bicyclic) bond motifs is 2. The first-order valence-electron chi connectivity index (χ1n) is 6.88. The molecule has 2 saturated heterocycles. The molecule has 0 spiro atoms. The summed E-state index contributed by atoms with van der Waals surface area (Å²) in [6.07, 6.45) is 0.915. The first kappa shape index (κ1) is 13.1. The Bertz CT molecular complexity index is 528. The number of rotatable bonds is 2. The molecular weight excluding hydrogens is 256 g/mol. The minimum absolute atomic E-state index is 0.00657. The van der Waals surface area contributed by atoms with Gasteiger partial charge in [0.2, 0.25) is 0 Å². The van der Waals surface area contributed by atoms with Crippen LogP contribution in [0.1, 0.15) is 23.2 Å². The molecule has 1 aromatic carbocycles. The van der Waals surface area contributed by atoms with Crippen LogP contribution in [0.4, 0.5) is 0 Å². The number of ether oxygens (including phenoxy) is 1. The molecule has 0 aromatic heterocycles. The van der Waals surface area contributed by atoms with E-state index >= 15 is 0 Å². The minimum atomic E-state index is -0.0197. The molecule has 2 aliphatic rings. The Labute approximate surface area is 117 Å². The van der Waals surface area contributed by atoms with Gasteiger partial charge in [0.1, 0.15) is 11.5 Å². The zero-order valence-corrected chi connectivity index (χ0v) is 11.5. The Kier molecular flexibility index (Phi) is 3.44. The van der Waals surface area contributed by atoms with Crippen molar-refractivity contribution in [2.24, 2.45) is 0 Å². The van der Waals surface area contributed by atoms with Gasteiger partial charge in [-0.2, -0.15) is 0 Å². The predicted molar refractivity (Wildman–Crippen MR) is 73.9 cm³/mol. The van der Waals surface area contributed by atoms with Gasteiger partial charge in [0.05, 0.1) is 19.2 Å². The number of amides is 1. The number of hydrogen-bond donors (Lipinski definition) is 1. The summed E-state index contributed by atoms with van der Waals surface area (Å²) in [7, 11) is 1.59. The lowest BCUT2D eigenvalue weighted by Gasteiger charge is -2.45. The lowest BCUT2D eigenvalue weighted by Crippen LogP contribution is -2.63. The number of Topliss-reactive ketones (excluding diaryl/α,β-unsaturated/α-hetero) is 1. The molecule has 106 valence electrons. The summed E-state index contributed by atoms with van der Waals surface area (Å²) in [6, 6.07) is 7.14. The normalized spacial score (nSPS) is 25.4. The molecule has 20 heavy (non-hydrogen) atoms. The quantitative estimate of drug-likeness (QED) is 0.868. The van der Waals surface area contributed by atoms with Crippen LogP contribution < -0.4 is 10.1 Å². The Morgan fingerprint density at radius 2 is 2.00 bits per heavy atom. The highest BCUT2D eigenvalue weighted by Gasteiger charge is 2.40. The molecule has 5 nitrogen and oxygen atoms in total. The van der Waals surface area contributed by atoms with Gasteiger partial charge in [-0.25, -0.2) is 0 Å². The molecule has 0 aliphatic carbocycles. The van der Waals surface area contributed by atoms with Crippen molar-refractivity contribution in [1.29, 1.82) is 0 Å². The summed E-state index contributed by atoms with van der Waals surface area (Å²) in [6.45, 7) is 1.38.